The Labute approximate surface area is 193 Å². The Bertz CT molecular complexity index is 980. The highest BCUT2D eigenvalue weighted by atomic mass is 16.5. The number of nitrogens with two attached hydrogens (primary N) is 4. The lowest BCUT2D eigenvalue weighted by Crippen LogP contribution is -2.38. The highest BCUT2D eigenvalue weighted by molar-refractivity contribution is 5.94. The molecule has 0 aliphatic heterocycles. The minimum absolute atomic E-state index is 0.0598. The zero-order valence-electron chi connectivity index (χ0n) is 18.9. The molecule has 9 N–H and O–H groups in total. The molecule has 0 saturated heterocycles. The number of azo groups is 1. The Morgan fingerprint density at radius 2 is 1.76 bits per heavy atom. The number of para-hydroxylation sites is 1. The van der Waals surface area contributed by atoms with Crippen LogP contribution in [0.5, 0.6) is 5.75 Å². The fourth-order valence-electron chi connectivity index (χ4n) is 2.66. The van der Waals surface area contributed by atoms with Gasteiger partial charge in [-0.15, -0.1) is 10.2 Å². The molecule has 0 aliphatic carbocycles. The molecule has 33 heavy (non-hydrogen) atoms. The average Bonchev–Trinajstić information content (AvgIpc) is 2.78. The number of carbonyl (C=O) groups is 2. The fourth-order valence-corrected chi connectivity index (χ4v) is 2.66. The van der Waals surface area contributed by atoms with Gasteiger partial charge in [-0.2, -0.15) is 0 Å². The summed E-state index contributed by atoms with van der Waals surface area (Å²) in [5, 5.41) is 10.9. The number of aromatic nitrogens is 1. The van der Waals surface area contributed by atoms with Crippen LogP contribution in [0, 0.1) is 5.92 Å². The molecule has 178 valence electrons. The Balaban J connectivity index is 2.08. The van der Waals surface area contributed by atoms with Crippen molar-refractivity contribution < 1.29 is 14.3 Å². The van der Waals surface area contributed by atoms with E-state index in [1.165, 1.54) is 0 Å². The van der Waals surface area contributed by atoms with Gasteiger partial charge < -0.3 is 33.0 Å². The van der Waals surface area contributed by atoms with Gasteiger partial charge in [0.2, 0.25) is 5.91 Å². The normalized spacial score (nSPS) is 13.2. The van der Waals surface area contributed by atoms with Gasteiger partial charge >= 0.3 is 5.97 Å². The standard InChI is InChI=1S/C22H32N8O3/c1-13(2)19(25)22(32)33-17-9-4-3-8-15(17)29-30-16-10-11-18(27-20(16)26)28-21(31)14(24)7-5-6-12-23/h3-4,8-11,13-14,19H,5-7,12,23-25H2,1-2H3,(H3,26,27,28,31)/b30-29+/t14-,19-/m0/s1. The molecular weight excluding hydrogens is 424 g/mol. The number of pyridine rings is 1. The molecule has 1 heterocycles. The maximum atomic E-state index is 12.2. The van der Waals surface area contributed by atoms with E-state index in [0.717, 1.165) is 12.8 Å². The molecule has 0 aliphatic rings. The summed E-state index contributed by atoms with van der Waals surface area (Å²) in [6.45, 7) is 4.21. The lowest BCUT2D eigenvalue weighted by molar-refractivity contribution is -0.136. The van der Waals surface area contributed by atoms with Crippen molar-refractivity contribution in [1.29, 1.82) is 0 Å². The zero-order valence-corrected chi connectivity index (χ0v) is 18.9. The first-order valence-corrected chi connectivity index (χ1v) is 10.7. The zero-order chi connectivity index (χ0) is 24.4. The molecule has 0 saturated carbocycles. The van der Waals surface area contributed by atoms with Gasteiger partial charge in [0.1, 0.15) is 23.2 Å². The number of nitrogens with zero attached hydrogens (tertiary/aromatic N) is 3. The van der Waals surface area contributed by atoms with Crippen LogP contribution in [0.15, 0.2) is 46.6 Å². The van der Waals surface area contributed by atoms with E-state index in [9.17, 15) is 9.59 Å². The van der Waals surface area contributed by atoms with Gasteiger partial charge in [0.15, 0.2) is 11.6 Å². The summed E-state index contributed by atoms with van der Waals surface area (Å²) >= 11 is 0. The van der Waals surface area contributed by atoms with Crippen LogP contribution in [-0.4, -0.2) is 35.5 Å². The number of benzene rings is 1. The summed E-state index contributed by atoms with van der Waals surface area (Å²) in [6.07, 6.45) is 2.09. The van der Waals surface area contributed by atoms with Crippen LogP contribution in [0.25, 0.3) is 0 Å². The van der Waals surface area contributed by atoms with E-state index >= 15 is 0 Å². The van der Waals surface area contributed by atoms with Crippen molar-refractivity contribution in [1.82, 2.24) is 4.98 Å². The summed E-state index contributed by atoms with van der Waals surface area (Å²) in [7, 11) is 0. The first kappa shape index (κ1) is 25.8. The summed E-state index contributed by atoms with van der Waals surface area (Å²) in [4.78, 5) is 28.5. The van der Waals surface area contributed by atoms with E-state index in [2.05, 4.69) is 20.5 Å². The average molecular weight is 457 g/mol. The Morgan fingerprint density at radius 3 is 2.42 bits per heavy atom. The van der Waals surface area contributed by atoms with E-state index < -0.39 is 18.1 Å². The van der Waals surface area contributed by atoms with E-state index in [-0.39, 0.29) is 34.9 Å². The molecule has 0 bridgehead atoms. The van der Waals surface area contributed by atoms with Crippen LogP contribution in [0.4, 0.5) is 23.0 Å². The maximum Gasteiger partial charge on any atom is 0.328 e. The second-order valence-corrected chi connectivity index (χ2v) is 7.84. The second-order valence-electron chi connectivity index (χ2n) is 7.84. The Kier molecular flexibility index (Phi) is 9.85. The van der Waals surface area contributed by atoms with E-state index in [4.69, 9.17) is 27.7 Å². The highest BCUT2D eigenvalue weighted by Crippen LogP contribution is 2.31. The molecule has 1 aromatic heterocycles. The molecule has 1 aromatic carbocycles. The van der Waals surface area contributed by atoms with Crippen LogP contribution in [0.2, 0.25) is 0 Å². The summed E-state index contributed by atoms with van der Waals surface area (Å²) in [5.41, 5.74) is 23.7. The van der Waals surface area contributed by atoms with Crippen molar-refractivity contribution in [2.24, 2.45) is 33.3 Å². The lowest BCUT2D eigenvalue weighted by Gasteiger charge is -2.14. The summed E-state index contributed by atoms with van der Waals surface area (Å²) in [5.74, 6) is -0.455. The number of ether oxygens (including phenoxy) is 1. The van der Waals surface area contributed by atoms with Gasteiger partial charge in [-0.05, 0) is 49.6 Å². The third-order valence-corrected chi connectivity index (χ3v) is 4.79. The smallest absolute Gasteiger partial charge is 0.328 e. The number of anilines is 2. The maximum absolute atomic E-state index is 12.2. The molecule has 11 nitrogen and oxygen atoms in total. The Hall–Kier alpha value is -3.41. The Morgan fingerprint density at radius 1 is 1.06 bits per heavy atom. The molecule has 0 unspecified atom stereocenters. The van der Waals surface area contributed by atoms with Crippen molar-refractivity contribution in [2.75, 3.05) is 17.6 Å². The largest absolute Gasteiger partial charge is 0.423 e. The fraction of sp³-hybridized carbons (Fsp3) is 0.409. The molecule has 2 aromatic rings. The predicted molar refractivity (Wildman–Crippen MR) is 127 cm³/mol. The van der Waals surface area contributed by atoms with Crippen molar-refractivity contribution in [3.8, 4) is 5.75 Å². The minimum atomic E-state index is -0.758. The van der Waals surface area contributed by atoms with E-state index in [0.29, 0.717) is 18.7 Å². The molecular formula is C22H32N8O3. The summed E-state index contributed by atoms with van der Waals surface area (Å²) in [6, 6.07) is 8.34. The quantitative estimate of drug-likeness (QED) is 0.147. The van der Waals surface area contributed by atoms with Gasteiger partial charge in [0.05, 0.1) is 6.04 Å². The number of esters is 1. The monoisotopic (exact) mass is 456 g/mol. The predicted octanol–water partition coefficient (Wildman–Crippen LogP) is 2.36. The number of carbonyl (C=O) groups excluding carboxylic acids is 2. The number of nitrogen functional groups attached to an aromatic ring is 1. The number of hydrogen-bond donors (Lipinski definition) is 5. The van der Waals surface area contributed by atoms with Crippen molar-refractivity contribution >= 4 is 34.9 Å². The third-order valence-electron chi connectivity index (χ3n) is 4.79. The second kappa shape index (κ2) is 12.6. The molecule has 0 spiro atoms. The third kappa shape index (κ3) is 7.90. The van der Waals surface area contributed by atoms with Crippen LogP contribution in [-0.2, 0) is 9.59 Å². The number of rotatable bonds is 11. The lowest BCUT2D eigenvalue weighted by atomic mass is 10.1. The van der Waals surface area contributed by atoms with Crippen molar-refractivity contribution in [3.05, 3.63) is 36.4 Å². The SMILES string of the molecule is CC(C)[C@H](N)C(=O)Oc1ccccc1/N=N/c1ccc(NC(=O)[C@@H](N)CCCCN)nc1N. The van der Waals surface area contributed by atoms with Crippen molar-refractivity contribution in [3.63, 3.8) is 0 Å². The minimum Gasteiger partial charge on any atom is -0.423 e. The van der Waals surface area contributed by atoms with E-state index in [1.54, 1.807) is 36.4 Å². The topological polar surface area (TPSA) is 197 Å². The van der Waals surface area contributed by atoms with Gasteiger partial charge in [-0.25, -0.2) is 9.78 Å². The number of hydrogen-bond acceptors (Lipinski definition) is 10. The molecule has 2 atom stereocenters. The molecule has 0 fully saturated rings. The van der Waals surface area contributed by atoms with Crippen LogP contribution < -0.4 is 33.0 Å². The molecule has 11 heteroatoms. The highest BCUT2D eigenvalue weighted by Gasteiger charge is 2.20. The number of amides is 1. The number of nitrogens with one attached hydrogen (secondary N) is 1. The first-order valence-electron chi connectivity index (χ1n) is 10.7. The summed E-state index contributed by atoms with van der Waals surface area (Å²) < 4.78 is 5.38. The van der Waals surface area contributed by atoms with Gasteiger partial charge in [0, 0.05) is 0 Å². The van der Waals surface area contributed by atoms with Crippen LogP contribution in [0.3, 0.4) is 0 Å². The van der Waals surface area contributed by atoms with Gasteiger partial charge in [0.25, 0.3) is 0 Å². The first-order chi connectivity index (χ1) is 15.7. The van der Waals surface area contributed by atoms with Gasteiger partial charge in [-0.3, -0.25) is 4.79 Å². The molecule has 2 rings (SSSR count). The van der Waals surface area contributed by atoms with Gasteiger partial charge in [-0.1, -0.05) is 32.4 Å². The van der Waals surface area contributed by atoms with Crippen LogP contribution >= 0.6 is 0 Å². The van der Waals surface area contributed by atoms with Crippen LogP contribution in [0.1, 0.15) is 33.1 Å². The molecule has 0 radical (unpaired) electrons. The molecule has 1 amide bonds. The van der Waals surface area contributed by atoms with Crippen molar-refractivity contribution in [2.45, 2.75) is 45.2 Å². The number of unbranched alkanes of at least 4 members (excludes halogenated alkanes) is 1. The van der Waals surface area contributed by atoms with E-state index in [1.807, 2.05) is 13.8 Å².